The fraction of sp³-hybridized carbons (Fsp3) is 0.105. The van der Waals surface area contributed by atoms with E-state index in [2.05, 4.69) is 15.5 Å². The first-order valence-electron chi connectivity index (χ1n) is 7.69. The second kappa shape index (κ2) is 6.60. The highest BCUT2D eigenvalue weighted by atomic mass is 16.3. The Morgan fingerprint density at radius 3 is 2.60 bits per heavy atom. The van der Waals surface area contributed by atoms with Crippen LogP contribution in [0.25, 0.3) is 10.9 Å². The third kappa shape index (κ3) is 3.42. The van der Waals surface area contributed by atoms with Crippen molar-refractivity contribution in [3.05, 3.63) is 65.4 Å². The van der Waals surface area contributed by atoms with E-state index in [1.165, 1.54) is 18.2 Å². The smallest absolute Gasteiger partial charge is 0.272 e. The Balaban J connectivity index is 1.90. The summed E-state index contributed by atoms with van der Waals surface area (Å²) in [5.74, 6) is -0.517. The maximum atomic E-state index is 12.5. The largest absolute Gasteiger partial charge is 0.508 e. The molecule has 0 unspecified atom stereocenters. The summed E-state index contributed by atoms with van der Waals surface area (Å²) in [6.45, 7) is 3.48. The predicted octanol–water partition coefficient (Wildman–Crippen LogP) is 3.11. The first-order valence-corrected chi connectivity index (χ1v) is 7.69. The Morgan fingerprint density at radius 2 is 1.84 bits per heavy atom. The summed E-state index contributed by atoms with van der Waals surface area (Å²) in [5, 5.41) is 24.0. The zero-order valence-electron chi connectivity index (χ0n) is 13.8. The van der Waals surface area contributed by atoms with Crippen molar-refractivity contribution in [3.8, 4) is 11.5 Å². The molecule has 0 spiro atoms. The molecule has 0 atom stereocenters. The van der Waals surface area contributed by atoms with E-state index in [1.54, 1.807) is 13.0 Å². The van der Waals surface area contributed by atoms with E-state index in [-0.39, 0.29) is 17.4 Å². The lowest BCUT2D eigenvalue weighted by Crippen LogP contribution is -2.20. The summed E-state index contributed by atoms with van der Waals surface area (Å²) < 4.78 is 0. The summed E-state index contributed by atoms with van der Waals surface area (Å²) >= 11 is 0. The highest BCUT2D eigenvalue weighted by Gasteiger charge is 2.12. The Bertz CT molecular complexity index is 996. The number of aromatic hydroxyl groups is 2. The van der Waals surface area contributed by atoms with Crippen LogP contribution in [-0.4, -0.2) is 26.8 Å². The number of benzene rings is 2. The molecule has 0 bridgehead atoms. The fourth-order valence-electron chi connectivity index (χ4n) is 2.58. The van der Waals surface area contributed by atoms with Crippen molar-refractivity contribution in [2.45, 2.75) is 13.8 Å². The average Bonchev–Trinajstić information content (AvgIpc) is 2.58. The van der Waals surface area contributed by atoms with E-state index >= 15 is 0 Å². The van der Waals surface area contributed by atoms with Gasteiger partial charge in [-0.1, -0.05) is 18.2 Å². The van der Waals surface area contributed by atoms with Crippen LogP contribution in [0.15, 0.2) is 53.6 Å². The molecule has 0 saturated heterocycles. The number of hydrogen-bond acceptors (Lipinski definition) is 5. The number of fused-ring (bicyclic) bond motifs is 1. The van der Waals surface area contributed by atoms with Crippen LogP contribution in [0.3, 0.4) is 0 Å². The molecule has 2 aromatic carbocycles. The van der Waals surface area contributed by atoms with E-state index in [4.69, 9.17) is 0 Å². The topological polar surface area (TPSA) is 94.8 Å². The maximum Gasteiger partial charge on any atom is 0.272 e. The maximum absolute atomic E-state index is 12.5. The number of para-hydroxylation sites is 1. The van der Waals surface area contributed by atoms with Gasteiger partial charge >= 0.3 is 0 Å². The van der Waals surface area contributed by atoms with Gasteiger partial charge in [-0.2, -0.15) is 5.10 Å². The number of nitrogens with one attached hydrogen (secondary N) is 1. The Hall–Kier alpha value is -3.41. The first kappa shape index (κ1) is 16.4. The van der Waals surface area contributed by atoms with Gasteiger partial charge in [0.15, 0.2) is 0 Å². The Kier molecular flexibility index (Phi) is 4.35. The molecule has 0 saturated carbocycles. The summed E-state index contributed by atoms with van der Waals surface area (Å²) in [5.41, 5.74) is 5.31. The number of aryl methyl sites for hydroxylation is 1. The number of carbonyl (C=O) groups excluding carboxylic acids is 1. The molecule has 0 aliphatic heterocycles. The zero-order valence-corrected chi connectivity index (χ0v) is 13.8. The van der Waals surface area contributed by atoms with Crippen molar-refractivity contribution in [2.75, 3.05) is 0 Å². The van der Waals surface area contributed by atoms with Crippen LogP contribution in [0.2, 0.25) is 0 Å². The third-order valence-corrected chi connectivity index (χ3v) is 3.79. The number of rotatable bonds is 3. The van der Waals surface area contributed by atoms with Crippen molar-refractivity contribution in [3.63, 3.8) is 0 Å². The van der Waals surface area contributed by atoms with Gasteiger partial charge in [0.1, 0.15) is 11.5 Å². The molecule has 3 aromatic rings. The molecule has 1 heterocycles. The van der Waals surface area contributed by atoms with Gasteiger partial charge in [0, 0.05) is 22.7 Å². The fourth-order valence-corrected chi connectivity index (χ4v) is 2.58. The van der Waals surface area contributed by atoms with Crippen LogP contribution in [0.5, 0.6) is 11.5 Å². The molecule has 0 radical (unpaired) electrons. The summed E-state index contributed by atoms with van der Waals surface area (Å²) in [4.78, 5) is 16.9. The molecular weight excluding hydrogens is 318 g/mol. The van der Waals surface area contributed by atoms with E-state index in [1.807, 2.05) is 31.2 Å². The number of carbonyl (C=O) groups is 1. The number of phenols is 2. The molecule has 6 nitrogen and oxygen atoms in total. The van der Waals surface area contributed by atoms with Crippen LogP contribution in [0.1, 0.15) is 28.5 Å². The third-order valence-electron chi connectivity index (χ3n) is 3.79. The average molecular weight is 335 g/mol. The molecule has 25 heavy (non-hydrogen) atoms. The quantitative estimate of drug-likeness (QED) is 0.506. The predicted molar refractivity (Wildman–Crippen MR) is 95.9 cm³/mol. The second-order valence-electron chi connectivity index (χ2n) is 5.67. The van der Waals surface area contributed by atoms with Gasteiger partial charge in [-0.3, -0.25) is 9.78 Å². The normalized spacial score (nSPS) is 11.5. The molecule has 3 rings (SSSR count). The number of amides is 1. The van der Waals surface area contributed by atoms with E-state index in [9.17, 15) is 15.0 Å². The minimum Gasteiger partial charge on any atom is -0.508 e. The van der Waals surface area contributed by atoms with Gasteiger partial charge in [0.25, 0.3) is 5.91 Å². The highest BCUT2D eigenvalue weighted by Crippen LogP contribution is 2.23. The van der Waals surface area contributed by atoms with Gasteiger partial charge in [-0.25, -0.2) is 5.43 Å². The molecule has 1 aromatic heterocycles. The van der Waals surface area contributed by atoms with Crippen LogP contribution in [0.4, 0.5) is 0 Å². The summed E-state index contributed by atoms with van der Waals surface area (Å²) in [6, 6.07) is 13.3. The first-order chi connectivity index (χ1) is 12.0. The van der Waals surface area contributed by atoms with Crippen LogP contribution in [0, 0.1) is 6.92 Å². The van der Waals surface area contributed by atoms with Crippen LogP contribution in [-0.2, 0) is 0 Å². The van der Waals surface area contributed by atoms with Gasteiger partial charge in [0.2, 0.25) is 0 Å². The van der Waals surface area contributed by atoms with Crippen molar-refractivity contribution in [2.24, 2.45) is 5.10 Å². The lowest BCUT2D eigenvalue weighted by molar-refractivity contribution is 0.0956. The zero-order chi connectivity index (χ0) is 18.0. The number of pyridine rings is 1. The lowest BCUT2D eigenvalue weighted by atomic mass is 10.1. The van der Waals surface area contributed by atoms with Crippen molar-refractivity contribution in [1.29, 1.82) is 0 Å². The monoisotopic (exact) mass is 335 g/mol. The number of hydrazone groups is 1. The molecule has 0 aliphatic rings. The molecule has 3 N–H and O–H groups in total. The Morgan fingerprint density at radius 1 is 1.08 bits per heavy atom. The highest BCUT2D eigenvalue weighted by molar-refractivity contribution is 6.07. The van der Waals surface area contributed by atoms with E-state index in [0.29, 0.717) is 16.8 Å². The van der Waals surface area contributed by atoms with Gasteiger partial charge in [-0.15, -0.1) is 0 Å². The van der Waals surface area contributed by atoms with Crippen molar-refractivity contribution >= 4 is 22.5 Å². The molecule has 1 amide bonds. The number of aromatic nitrogens is 1. The number of phenolic OH excluding ortho intramolecular Hbond substituents is 2. The van der Waals surface area contributed by atoms with Gasteiger partial charge in [0.05, 0.1) is 16.8 Å². The molecule has 6 heteroatoms. The number of nitrogens with zero attached hydrogens (tertiary/aromatic N) is 2. The van der Waals surface area contributed by atoms with E-state index in [0.717, 1.165) is 16.6 Å². The lowest BCUT2D eigenvalue weighted by Gasteiger charge is -2.08. The molecule has 0 fully saturated rings. The molecule has 126 valence electrons. The van der Waals surface area contributed by atoms with Gasteiger partial charge < -0.3 is 10.2 Å². The van der Waals surface area contributed by atoms with Crippen LogP contribution < -0.4 is 5.43 Å². The SMILES string of the molecule is C/C(=N\NC(=O)c1cc(C)nc2ccccc12)c1ccc(O)cc1O. The Labute approximate surface area is 144 Å². The second-order valence-corrected chi connectivity index (χ2v) is 5.67. The van der Waals surface area contributed by atoms with Crippen molar-refractivity contribution in [1.82, 2.24) is 10.4 Å². The minimum atomic E-state index is -0.362. The van der Waals surface area contributed by atoms with E-state index < -0.39 is 0 Å². The van der Waals surface area contributed by atoms with Gasteiger partial charge in [-0.05, 0) is 38.1 Å². The van der Waals surface area contributed by atoms with Crippen LogP contribution >= 0.6 is 0 Å². The standard InChI is InChI=1S/C19H17N3O3/c1-11-9-16(15-5-3-4-6-17(15)20-11)19(25)22-21-12(2)14-8-7-13(23)10-18(14)24/h3-10,23-24H,1-2H3,(H,22,25)/b21-12+. The summed E-state index contributed by atoms with van der Waals surface area (Å²) in [6.07, 6.45) is 0. The summed E-state index contributed by atoms with van der Waals surface area (Å²) in [7, 11) is 0. The number of hydrogen-bond donors (Lipinski definition) is 3. The minimum absolute atomic E-state index is 0.0446. The molecular formula is C19H17N3O3. The molecule has 0 aliphatic carbocycles. The van der Waals surface area contributed by atoms with Crippen molar-refractivity contribution < 1.29 is 15.0 Å².